The number of nitro groups is 1. The Hall–Kier alpha value is -1.71. The van der Waals surface area contributed by atoms with Gasteiger partial charge in [0.15, 0.2) is 4.90 Å². The number of nitrogens with zero attached hydrogens (tertiary/aromatic N) is 1. The fourth-order valence-electron chi connectivity index (χ4n) is 2.55. The van der Waals surface area contributed by atoms with Crippen molar-refractivity contribution in [2.75, 3.05) is 26.7 Å². The Labute approximate surface area is 135 Å². The van der Waals surface area contributed by atoms with Crippen LogP contribution in [0.1, 0.15) is 19.8 Å². The van der Waals surface area contributed by atoms with Crippen LogP contribution in [-0.2, 0) is 10.0 Å². The SMILES string of the molecule is COc1ccc(S(=O)(=O)NCC2(C)CCNCC2)c([N+](=O)[O-])c1. The van der Waals surface area contributed by atoms with E-state index in [4.69, 9.17) is 4.74 Å². The molecule has 0 amide bonds. The number of hydrogen-bond donors (Lipinski definition) is 2. The molecule has 128 valence electrons. The molecule has 0 unspecified atom stereocenters. The van der Waals surface area contributed by atoms with Gasteiger partial charge in [0, 0.05) is 6.54 Å². The van der Waals surface area contributed by atoms with Crippen molar-refractivity contribution in [3.05, 3.63) is 28.3 Å². The molecule has 1 saturated heterocycles. The van der Waals surface area contributed by atoms with Crippen molar-refractivity contribution >= 4 is 15.7 Å². The molecule has 0 radical (unpaired) electrons. The standard InChI is InChI=1S/C14H21N3O5S/c1-14(5-7-15-8-6-14)10-16-23(20,21)13-4-3-11(22-2)9-12(13)17(18)19/h3-4,9,15-16H,5-8,10H2,1-2H3. The van der Waals surface area contributed by atoms with Gasteiger partial charge in [-0.3, -0.25) is 10.1 Å². The van der Waals surface area contributed by atoms with Crippen molar-refractivity contribution in [3.8, 4) is 5.75 Å². The second kappa shape index (κ2) is 6.81. The maximum Gasteiger partial charge on any atom is 0.293 e. The molecule has 2 N–H and O–H groups in total. The van der Waals surface area contributed by atoms with Crippen molar-refractivity contribution in [2.45, 2.75) is 24.7 Å². The summed E-state index contributed by atoms with van der Waals surface area (Å²) in [5, 5.41) is 14.4. The predicted octanol–water partition coefficient (Wildman–Crippen LogP) is 1.27. The maximum atomic E-state index is 12.5. The number of ether oxygens (including phenoxy) is 1. The summed E-state index contributed by atoms with van der Waals surface area (Å²) in [6, 6.07) is 3.71. The third kappa shape index (κ3) is 4.18. The fourth-order valence-corrected chi connectivity index (χ4v) is 3.90. The van der Waals surface area contributed by atoms with E-state index in [1.54, 1.807) is 0 Å². The zero-order chi connectivity index (χ0) is 17.1. The van der Waals surface area contributed by atoms with Gasteiger partial charge in [-0.1, -0.05) is 6.92 Å². The lowest BCUT2D eigenvalue weighted by molar-refractivity contribution is -0.387. The highest BCUT2D eigenvalue weighted by Gasteiger charge is 2.31. The first-order valence-electron chi connectivity index (χ1n) is 7.30. The van der Waals surface area contributed by atoms with E-state index in [9.17, 15) is 18.5 Å². The largest absolute Gasteiger partial charge is 0.497 e. The van der Waals surface area contributed by atoms with Crippen molar-refractivity contribution in [1.29, 1.82) is 0 Å². The fraction of sp³-hybridized carbons (Fsp3) is 0.571. The lowest BCUT2D eigenvalue weighted by Crippen LogP contribution is -2.42. The first-order valence-corrected chi connectivity index (χ1v) is 8.79. The molecule has 1 fully saturated rings. The zero-order valence-corrected chi connectivity index (χ0v) is 14.0. The summed E-state index contributed by atoms with van der Waals surface area (Å²) in [6.45, 7) is 3.93. The summed E-state index contributed by atoms with van der Waals surface area (Å²) in [5.74, 6) is 0.237. The summed E-state index contributed by atoms with van der Waals surface area (Å²) in [5.41, 5.74) is -0.646. The first-order chi connectivity index (χ1) is 10.8. The number of sulfonamides is 1. The van der Waals surface area contributed by atoms with Gasteiger partial charge in [-0.05, 0) is 43.5 Å². The minimum atomic E-state index is -3.97. The Balaban J connectivity index is 2.23. The van der Waals surface area contributed by atoms with Gasteiger partial charge in [0.2, 0.25) is 10.0 Å². The number of hydrogen-bond acceptors (Lipinski definition) is 6. The molecule has 1 aromatic carbocycles. The van der Waals surface area contributed by atoms with Gasteiger partial charge in [-0.2, -0.15) is 0 Å². The molecule has 9 heteroatoms. The molecule has 0 saturated carbocycles. The van der Waals surface area contributed by atoms with Crippen LogP contribution >= 0.6 is 0 Å². The molecule has 1 aromatic rings. The van der Waals surface area contributed by atoms with Crippen LogP contribution in [0.25, 0.3) is 0 Å². The van der Waals surface area contributed by atoms with E-state index in [0.29, 0.717) is 0 Å². The molecule has 0 bridgehead atoms. The van der Waals surface area contributed by atoms with Crippen LogP contribution in [0.15, 0.2) is 23.1 Å². The number of nitrogens with one attached hydrogen (secondary N) is 2. The highest BCUT2D eigenvalue weighted by atomic mass is 32.2. The van der Waals surface area contributed by atoms with Crippen LogP contribution in [0.5, 0.6) is 5.75 Å². The lowest BCUT2D eigenvalue weighted by atomic mass is 9.81. The Kier molecular flexibility index (Phi) is 5.23. The van der Waals surface area contributed by atoms with Crippen molar-refractivity contribution in [2.24, 2.45) is 5.41 Å². The number of rotatable bonds is 6. The van der Waals surface area contributed by atoms with Crippen molar-refractivity contribution in [1.82, 2.24) is 10.0 Å². The van der Waals surface area contributed by atoms with Crippen molar-refractivity contribution < 1.29 is 18.1 Å². The van der Waals surface area contributed by atoms with Gasteiger partial charge in [0.05, 0.1) is 18.1 Å². The molecule has 0 atom stereocenters. The van der Waals surface area contributed by atoms with Gasteiger partial charge in [-0.15, -0.1) is 0 Å². The smallest absolute Gasteiger partial charge is 0.293 e. The van der Waals surface area contributed by atoms with E-state index >= 15 is 0 Å². The van der Waals surface area contributed by atoms with Gasteiger partial charge in [0.25, 0.3) is 5.69 Å². The molecular formula is C14H21N3O5S. The van der Waals surface area contributed by atoms with Crippen LogP contribution < -0.4 is 14.8 Å². The van der Waals surface area contributed by atoms with E-state index in [2.05, 4.69) is 10.0 Å². The van der Waals surface area contributed by atoms with Gasteiger partial charge >= 0.3 is 0 Å². The topological polar surface area (TPSA) is 111 Å². The van der Waals surface area contributed by atoms with Crippen molar-refractivity contribution in [3.63, 3.8) is 0 Å². The summed E-state index contributed by atoms with van der Waals surface area (Å²) in [4.78, 5) is 10.1. The number of methoxy groups -OCH3 is 1. The van der Waals surface area contributed by atoms with Crippen LogP contribution in [0.4, 0.5) is 5.69 Å². The number of benzene rings is 1. The lowest BCUT2D eigenvalue weighted by Gasteiger charge is -2.34. The average Bonchev–Trinajstić information content (AvgIpc) is 2.53. The molecule has 23 heavy (non-hydrogen) atoms. The van der Waals surface area contributed by atoms with Crippen LogP contribution in [-0.4, -0.2) is 40.1 Å². The maximum absolute atomic E-state index is 12.5. The minimum absolute atomic E-state index is 0.153. The molecule has 8 nitrogen and oxygen atoms in total. The Morgan fingerprint density at radius 2 is 2.04 bits per heavy atom. The molecule has 2 rings (SSSR count). The molecule has 1 heterocycles. The third-order valence-corrected chi connectivity index (χ3v) is 5.60. The molecule has 0 aliphatic carbocycles. The summed E-state index contributed by atoms with van der Waals surface area (Å²) in [6.07, 6.45) is 1.69. The summed E-state index contributed by atoms with van der Waals surface area (Å²) >= 11 is 0. The van der Waals surface area contributed by atoms with E-state index in [1.165, 1.54) is 19.2 Å². The molecule has 1 aliphatic heterocycles. The first kappa shape index (κ1) is 17.6. The second-order valence-corrected chi connectivity index (χ2v) is 7.71. The summed E-state index contributed by atoms with van der Waals surface area (Å²) in [7, 11) is -2.60. The van der Waals surface area contributed by atoms with E-state index in [1.807, 2.05) is 6.92 Å². The van der Waals surface area contributed by atoms with Crippen LogP contribution in [0, 0.1) is 15.5 Å². The van der Waals surface area contributed by atoms with Gasteiger partial charge in [-0.25, -0.2) is 13.1 Å². The predicted molar refractivity (Wildman–Crippen MR) is 85.0 cm³/mol. The minimum Gasteiger partial charge on any atom is -0.497 e. The number of nitro benzene ring substituents is 1. The highest BCUT2D eigenvalue weighted by Crippen LogP contribution is 2.30. The summed E-state index contributed by atoms with van der Waals surface area (Å²) < 4.78 is 32.4. The zero-order valence-electron chi connectivity index (χ0n) is 13.2. The van der Waals surface area contributed by atoms with E-state index in [-0.39, 0.29) is 22.6 Å². The normalized spacial score (nSPS) is 17.7. The Morgan fingerprint density at radius 3 is 2.61 bits per heavy atom. The quantitative estimate of drug-likeness (QED) is 0.594. The molecule has 0 aromatic heterocycles. The Bertz CT molecular complexity index is 684. The van der Waals surface area contributed by atoms with Crippen LogP contribution in [0.2, 0.25) is 0 Å². The third-order valence-electron chi connectivity index (χ3n) is 4.15. The average molecular weight is 343 g/mol. The molecule has 0 spiro atoms. The van der Waals surface area contributed by atoms with E-state index < -0.39 is 20.6 Å². The van der Waals surface area contributed by atoms with E-state index in [0.717, 1.165) is 32.0 Å². The second-order valence-electron chi connectivity index (χ2n) is 5.98. The Morgan fingerprint density at radius 1 is 1.39 bits per heavy atom. The van der Waals surface area contributed by atoms with Crippen LogP contribution in [0.3, 0.4) is 0 Å². The molecular weight excluding hydrogens is 322 g/mol. The van der Waals surface area contributed by atoms with Gasteiger partial charge in [0.1, 0.15) is 5.75 Å². The van der Waals surface area contributed by atoms with Gasteiger partial charge < -0.3 is 10.1 Å². The monoisotopic (exact) mass is 343 g/mol. The number of piperidine rings is 1. The highest BCUT2D eigenvalue weighted by molar-refractivity contribution is 7.89. The molecule has 1 aliphatic rings.